The van der Waals surface area contributed by atoms with E-state index >= 15 is 0 Å². The molecule has 1 aromatic heterocycles. The molecular weight excluding hydrogens is 328 g/mol. The van der Waals surface area contributed by atoms with Crippen molar-refractivity contribution in [1.82, 2.24) is 9.88 Å². The second kappa shape index (κ2) is 5.66. The fraction of sp³-hybridized carbons (Fsp3) is 0.381. The van der Waals surface area contributed by atoms with Gasteiger partial charge in [-0.05, 0) is 25.0 Å². The van der Waals surface area contributed by atoms with Gasteiger partial charge in [-0.25, -0.2) is 4.79 Å². The number of fused-ring (bicyclic) bond motifs is 6. The van der Waals surface area contributed by atoms with Gasteiger partial charge >= 0.3 is 5.97 Å². The predicted molar refractivity (Wildman–Crippen MR) is 99.2 cm³/mol. The standard InChI is InChI=1S/C21H22N2O3/c1-12-16-10-23-8-7-14-13-5-3-4-6-18(13)22-20(14)19(23)9-15(16)17(11-26-12)21(24)25-2/h3-6,9,11-12,15-16,22H,7-8,10H2,1-2H3/t12-,15+,16+/m1/s1. The van der Waals surface area contributed by atoms with Crippen LogP contribution in [0.1, 0.15) is 18.2 Å². The van der Waals surface area contributed by atoms with Gasteiger partial charge in [-0.3, -0.25) is 0 Å². The smallest absolute Gasteiger partial charge is 0.337 e. The van der Waals surface area contributed by atoms with Crippen molar-refractivity contribution in [1.29, 1.82) is 0 Å². The van der Waals surface area contributed by atoms with Crippen LogP contribution >= 0.6 is 0 Å². The van der Waals surface area contributed by atoms with Crippen molar-refractivity contribution in [2.75, 3.05) is 20.2 Å². The summed E-state index contributed by atoms with van der Waals surface area (Å²) >= 11 is 0. The fourth-order valence-corrected chi connectivity index (χ4v) is 4.67. The van der Waals surface area contributed by atoms with Crippen LogP contribution in [0.3, 0.4) is 0 Å². The molecule has 0 spiro atoms. The molecule has 0 fully saturated rings. The highest BCUT2D eigenvalue weighted by atomic mass is 16.5. The zero-order valence-corrected chi connectivity index (χ0v) is 15.0. The minimum Gasteiger partial charge on any atom is -0.497 e. The van der Waals surface area contributed by atoms with Crippen molar-refractivity contribution in [3.8, 4) is 0 Å². The molecule has 0 aliphatic carbocycles. The van der Waals surface area contributed by atoms with Crippen molar-refractivity contribution >= 4 is 22.6 Å². The molecule has 4 heterocycles. The maximum atomic E-state index is 12.3. The molecule has 0 saturated carbocycles. The number of aromatic amines is 1. The van der Waals surface area contributed by atoms with E-state index in [9.17, 15) is 4.79 Å². The van der Waals surface area contributed by atoms with E-state index in [0.717, 1.165) is 19.5 Å². The van der Waals surface area contributed by atoms with Gasteiger partial charge in [0.1, 0.15) is 6.10 Å². The SMILES string of the molecule is COC(=O)C1=CO[C@H](C)[C@@H]2CN3CCc4c([nH]c5ccccc45)C3=C[C@H]12. The van der Waals surface area contributed by atoms with E-state index in [4.69, 9.17) is 9.47 Å². The normalized spacial score (nSPS) is 26.8. The first kappa shape index (κ1) is 15.6. The maximum Gasteiger partial charge on any atom is 0.337 e. The molecule has 0 amide bonds. The third kappa shape index (κ3) is 2.13. The molecule has 134 valence electrons. The summed E-state index contributed by atoms with van der Waals surface area (Å²) in [5.74, 6) is -0.0246. The molecule has 5 nitrogen and oxygen atoms in total. The van der Waals surface area contributed by atoms with Crippen LogP contribution in [-0.4, -0.2) is 42.2 Å². The average molecular weight is 350 g/mol. The molecule has 26 heavy (non-hydrogen) atoms. The number of H-pyrrole nitrogens is 1. The second-order valence-corrected chi connectivity index (χ2v) is 7.37. The van der Waals surface area contributed by atoms with Crippen molar-refractivity contribution in [3.63, 3.8) is 0 Å². The number of carbonyl (C=O) groups is 1. The number of rotatable bonds is 1. The summed E-state index contributed by atoms with van der Waals surface area (Å²) in [5, 5.41) is 1.30. The van der Waals surface area contributed by atoms with Gasteiger partial charge in [0.25, 0.3) is 0 Å². The number of nitrogens with zero attached hydrogens (tertiary/aromatic N) is 1. The Bertz CT molecular complexity index is 955. The number of allylic oxidation sites excluding steroid dienone is 1. The lowest BCUT2D eigenvalue weighted by Crippen LogP contribution is -2.46. The van der Waals surface area contributed by atoms with Crippen LogP contribution in [0.4, 0.5) is 0 Å². The van der Waals surface area contributed by atoms with Crippen LogP contribution in [0.15, 0.2) is 42.2 Å². The lowest BCUT2D eigenvalue weighted by molar-refractivity contribution is -0.137. The topological polar surface area (TPSA) is 54.6 Å². The summed E-state index contributed by atoms with van der Waals surface area (Å²) in [5.41, 5.74) is 5.56. The molecule has 0 saturated heterocycles. The molecule has 0 radical (unpaired) electrons. The number of hydrogen-bond donors (Lipinski definition) is 1. The Hall–Kier alpha value is -2.69. The van der Waals surface area contributed by atoms with Gasteiger partial charge in [0.2, 0.25) is 0 Å². The quantitative estimate of drug-likeness (QED) is 0.803. The predicted octanol–water partition coefficient (Wildman–Crippen LogP) is 3.09. The lowest BCUT2D eigenvalue weighted by atomic mass is 9.77. The summed E-state index contributed by atoms with van der Waals surface area (Å²) in [6, 6.07) is 8.46. The number of methoxy groups -OCH3 is 1. The van der Waals surface area contributed by atoms with E-state index in [-0.39, 0.29) is 23.9 Å². The second-order valence-electron chi connectivity index (χ2n) is 7.37. The van der Waals surface area contributed by atoms with E-state index in [1.165, 1.54) is 35.0 Å². The van der Waals surface area contributed by atoms with Crippen LogP contribution in [0.25, 0.3) is 16.6 Å². The zero-order chi connectivity index (χ0) is 17.8. The lowest BCUT2D eigenvalue weighted by Gasteiger charge is -2.45. The van der Waals surface area contributed by atoms with Crippen LogP contribution in [0, 0.1) is 11.8 Å². The number of aromatic nitrogens is 1. The van der Waals surface area contributed by atoms with Crippen LogP contribution in [-0.2, 0) is 20.7 Å². The maximum absolute atomic E-state index is 12.3. The monoisotopic (exact) mass is 350 g/mol. The van der Waals surface area contributed by atoms with Gasteiger partial charge < -0.3 is 19.4 Å². The summed E-state index contributed by atoms with van der Waals surface area (Å²) in [6.07, 6.45) is 4.95. The number of carbonyl (C=O) groups excluding carboxylic acids is 1. The first-order valence-corrected chi connectivity index (χ1v) is 9.18. The first-order valence-electron chi connectivity index (χ1n) is 9.18. The number of nitrogens with one attached hydrogen (secondary N) is 1. The highest BCUT2D eigenvalue weighted by Gasteiger charge is 2.42. The van der Waals surface area contributed by atoms with E-state index in [1.54, 1.807) is 6.26 Å². The van der Waals surface area contributed by atoms with E-state index in [2.05, 4.69) is 47.1 Å². The van der Waals surface area contributed by atoms with Crippen LogP contribution in [0.2, 0.25) is 0 Å². The Morgan fingerprint density at radius 3 is 3.04 bits per heavy atom. The first-order chi connectivity index (χ1) is 12.7. The average Bonchev–Trinajstić information content (AvgIpc) is 3.06. The van der Waals surface area contributed by atoms with Crippen LogP contribution < -0.4 is 0 Å². The van der Waals surface area contributed by atoms with Crippen molar-refractivity contribution in [3.05, 3.63) is 53.4 Å². The summed E-state index contributed by atoms with van der Waals surface area (Å²) in [4.78, 5) is 18.3. The highest BCUT2D eigenvalue weighted by molar-refractivity contribution is 5.92. The molecule has 3 aliphatic rings. The van der Waals surface area contributed by atoms with E-state index < -0.39 is 0 Å². The third-order valence-corrected chi connectivity index (χ3v) is 6.06. The Kier molecular flexibility index (Phi) is 3.39. The largest absolute Gasteiger partial charge is 0.497 e. The molecule has 5 rings (SSSR count). The van der Waals surface area contributed by atoms with Gasteiger partial charge in [-0.15, -0.1) is 0 Å². The molecule has 2 aromatic rings. The zero-order valence-electron chi connectivity index (χ0n) is 15.0. The molecule has 1 N–H and O–H groups in total. The van der Waals surface area contributed by atoms with Crippen molar-refractivity contribution in [2.24, 2.45) is 11.8 Å². The highest BCUT2D eigenvalue weighted by Crippen LogP contribution is 2.43. The van der Waals surface area contributed by atoms with Gasteiger partial charge in [0, 0.05) is 35.8 Å². The molecule has 0 bridgehead atoms. The van der Waals surface area contributed by atoms with Gasteiger partial charge in [0.05, 0.1) is 30.3 Å². The summed E-state index contributed by atoms with van der Waals surface area (Å²) < 4.78 is 10.7. The minimum absolute atomic E-state index is 0.0230. The summed E-state index contributed by atoms with van der Waals surface area (Å²) in [6.45, 7) is 3.97. The Morgan fingerprint density at radius 2 is 2.19 bits per heavy atom. The molecular formula is C21H22N2O3. The number of para-hydroxylation sites is 1. The number of benzene rings is 1. The molecule has 5 heteroatoms. The minimum atomic E-state index is -0.301. The van der Waals surface area contributed by atoms with Crippen molar-refractivity contribution in [2.45, 2.75) is 19.4 Å². The number of ether oxygens (including phenoxy) is 2. The number of esters is 1. The van der Waals surface area contributed by atoms with Crippen molar-refractivity contribution < 1.29 is 14.3 Å². The molecule has 0 unspecified atom stereocenters. The van der Waals surface area contributed by atoms with E-state index in [0.29, 0.717) is 5.57 Å². The van der Waals surface area contributed by atoms with Gasteiger partial charge in [-0.1, -0.05) is 24.3 Å². The van der Waals surface area contributed by atoms with E-state index in [1.807, 2.05) is 0 Å². The number of hydrogen-bond acceptors (Lipinski definition) is 4. The van der Waals surface area contributed by atoms with Gasteiger partial charge in [0.15, 0.2) is 0 Å². The Balaban J connectivity index is 1.65. The van der Waals surface area contributed by atoms with Crippen LogP contribution in [0.5, 0.6) is 0 Å². The Labute approximate surface area is 152 Å². The fourth-order valence-electron chi connectivity index (χ4n) is 4.67. The summed E-state index contributed by atoms with van der Waals surface area (Å²) in [7, 11) is 1.43. The Morgan fingerprint density at radius 1 is 1.35 bits per heavy atom. The van der Waals surface area contributed by atoms with Gasteiger partial charge in [-0.2, -0.15) is 0 Å². The molecule has 1 aromatic carbocycles. The molecule has 3 aliphatic heterocycles. The molecule has 3 atom stereocenters. The third-order valence-electron chi connectivity index (χ3n) is 6.06.